The highest BCUT2D eigenvalue weighted by Crippen LogP contribution is 2.18. The number of benzene rings is 1. The van der Waals surface area contributed by atoms with E-state index < -0.39 is 32.6 Å². The van der Waals surface area contributed by atoms with E-state index in [4.69, 9.17) is 5.73 Å². The summed E-state index contributed by atoms with van der Waals surface area (Å²) >= 11 is 0. The van der Waals surface area contributed by atoms with Crippen molar-refractivity contribution >= 4 is 15.7 Å². The maximum absolute atomic E-state index is 13.2. The van der Waals surface area contributed by atoms with E-state index in [2.05, 4.69) is 0 Å². The molecule has 1 rings (SSSR count). The minimum absolute atomic E-state index is 0.0806. The average molecular weight is 264 g/mol. The lowest BCUT2D eigenvalue weighted by Crippen LogP contribution is -2.34. The molecular weight excluding hydrogens is 250 g/mol. The Morgan fingerprint density at radius 2 is 2.06 bits per heavy atom. The van der Waals surface area contributed by atoms with Crippen LogP contribution in [0.3, 0.4) is 0 Å². The summed E-state index contributed by atoms with van der Waals surface area (Å²) in [4.78, 5) is 0. The van der Waals surface area contributed by atoms with E-state index in [-0.39, 0.29) is 6.54 Å². The highest BCUT2D eigenvalue weighted by molar-refractivity contribution is 7.93. The second-order valence-electron chi connectivity index (χ2n) is 3.54. The van der Waals surface area contributed by atoms with Crippen molar-refractivity contribution < 1.29 is 17.2 Å². The molecule has 0 bridgehead atoms. The molecule has 1 unspecified atom stereocenters. The average Bonchev–Trinajstić information content (AvgIpc) is 2.24. The van der Waals surface area contributed by atoms with Crippen molar-refractivity contribution in [1.82, 2.24) is 0 Å². The normalized spacial score (nSPS) is 13.4. The van der Waals surface area contributed by atoms with Gasteiger partial charge < -0.3 is 5.73 Å². The van der Waals surface area contributed by atoms with Crippen LogP contribution in [0.5, 0.6) is 0 Å². The van der Waals surface area contributed by atoms with Gasteiger partial charge in [0.05, 0.1) is 10.9 Å². The third kappa shape index (κ3) is 3.37. The fraction of sp³-hybridized carbons (Fsp3) is 0.400. The predicted octanol–water partition coefficient (Wildman–Crippen LogP) is 1.44. The van der Waals surface area contributed by atoms with Gasteiger partial charge in [0.2, 0.25) is 10.0 Å². The molecule has 1 aromatic rings. The molecule has 17 heavy (non-hydrogen) atoms. The first-order chi connectivity index (χ1) is 7.90. The van der Waals surface area contributed by atoms with E-state index in [1.165, 1.54) is 0 Å². The van der Waals surface area contributed by atoms with E-state index >= 15 is 0 Å². The molecular formula is C10H14F2N2O2S. The molecule has 0 saturated carbocycles. The molecule has 0 aliphatic rings. The van der Waals surface area contributed by atoms with Crippen molar-refractivity contribution in [1.29, 1.82) is 0 Å². The molecule has 3 N–H and O–H groups in total. The molecule has 1 aromatic carbocycles. The van der Waals surface area contributed by atoms with Crippen LogP contribution in [0.2, 0.25) is 0 Å². The molecule has 0 amide bonds. The van der Waals surface area contributed by atoms with Crippen LogP contribution in [0, 0.1) is 11.6 Å². The molecule has 0 radical (unpaired) electrons. The molecule has 0 saturated heterocycles. The van der Waals surface area contributed by atoms with Crippen molar-refractivity contribution in [2.24, 2.45) is 5.73 Å². The van der Waals surface area contributed by atoms with Crippen LogP contribution in [-0.4, -0.2) is 20.2 Å². The van der Waals surface area contributed by atoms with Crippen molar-refractivity contribution in [3.8, 4) is 0 Å². The number of halogens is 2. The number of anilines is 1. The number of hydrogen-bond donors (Lipinski definition) is 2. The van der Waals surface area contributed by atoms with Crippen molar-refractivity contribution in [2.45, 2.75) is 18.6 Å². The maximum atomic E-state index is 13.2. The van der Waals surface area contributed by atoms with Gasteiger partial charge >= 0.3 is 0 Å². The number of hydrogen-bond acceptors (Lipinski definition) is 3. The van der Waals surface area contributed by atoms with Crippen LogP contribution in [0.25, 0.3) is 0 Å². The van der Waals surface area contributed by atoms with Gasteiger partial charge in [-0.05, 0) is 18.6 Å². The first-order valence-electron chi connectivity index (χ1n) is 5.07. The van der Waals surface area contributed by atoms with E-state index in [1.807, 2.05) is 4.72 Å². The second kappa shape index (κ2) is 5.42. The zero-order valence-electron chi connectivity index (χ0n) is 9.28. The van der Waals surface area contributed by atoms with E-state index in [0.717, 1.165) is 18.2 Å². The summed E-state index contributed by atoms with van der Waals surface area (Å²) in [5.41, 5.74) is 4.90. The van der Waals surface area contributed by atoms with Crippen molar-refractivity contribution in [3.63, 3.8) is 0 Å². The van der Waals surface area contributed by atoms with Crippen LogP contribution in [0.15, 0.2) is 18.2 Å². The fourth-order valence-electron chi connectivity index (χ4n) is 1.33. The molecule has 0 aromatic heterocycles. The lowest BCUT2D eigenvalue weighted by molar-refractivity contribution is 0.578. The van der Waals surface area contributed by atoms with Gasteiger partial charge in [0.1, 0.15) is 11.6 Å². The first-order valence-corrected chi connectivity index (χ1v) is 6.62. The van der Waals surface area contributed by atoms with Crippen molar-refractivity contribution in [3.05, 3.63) is 29.8 Å². The summed E-state index contributed by atoms with van der Waals surface area (Å²) in [7, 11) is -3.80. The maximum Gasteiger partial charge on any atom is 0.236 e. The Kier molecular flexibility index (Phi) is 4.41. The Labute approximate surface area is 98.9 Å². The molecule has 0 spiro atoms. The second-order valence-corrected chi connectivity index (χ2v) is 5.50. The number of nitrogens with one attached hydrogen (secondary N) is 1. The van der Waals surface area contributed by atoms with Crippen LogP contribution in [-0.2, 0) is 10.0 Å². The number of sulfonamides is 1. The van der Waals surface area contributed by atoms with Gasteiger partial charge in [-0.1, -0.05) is 6.92 Å². The molecule has 4 nitrogen and oxygen atoms in total. The van der Waals surface area contributed by atoms with Gasteiger partial charge in [-0.15, -0.1) is 0 Å². The van der Waals surface area contributed by atoms with E-state index in [1.54, 1.807) is 6.92 Å². The quantitative estimate of drug-likeness (QED) is 0.845. The van der Waals surface area contributed by atoms with Crippen molar-refractivity contribution in [2.75, 3.05) is 11.3 Å². The number of rotatable bonds is 5. The monoisotopic (exact) mass is 264 g/mol. The standard InChI is InChI=1S/C10H14F2N2O2S/c1-2-8(6-13)17(15,16)14-10-5-7(11)3-4-9(10)12/h3-5,8,14H,2,6,13H2,1H3. The van der Waals surface area contributed by atoms with Gasteiger partial charge in [-0.2, -0.15) is 0 Å². The van der Waals surface area contributed by atoms with E-state index in [9.17, 15) is 17.2 Å². The van der Waals surface area contributed by atoms with Gasteiger partial charge in [0.15, 0.2) is 0 Å². The summed E-state index contributed by atoms with van der Waals surface area (Å²) in [6.45, 7) is 1.57. The highest BCUT2D eigenvalue weighted by Gasteiger charge is 2.23. The summed E-state index contributed by atoms with van der Waals surface area (Å²) in [6, 6.07) is 2.56. The Morgan fingerprint density at radius 1 is 1.41 bits per heavy atom. The Balaban J connectivity index is 3.01. The molecule has 0 heterocycles. The van der Waals surface area contributed by atoms with Crippen LogP contribution in [0.1, 0.15) is 13.3 Å². The third-order valence-electron chi connectivity index (χ3n) is 2.34. The largest absolute Gasteiger partial charge is 0.329 e. The van der Waals surface area contributed by atoms with E-state index in [0.29, 0.717) is 6.42 Å². The molecule has 0 aliphatic carbocycles. The zero-order chi connectivity index (χ0) is 13.1. The summed E-state index contributed by atoms with van der Waals surface area (Å²) in [6.07, 6.45) is 0.294. The first kappa shape index (κ1) is 13.9. The third-order valence-corrected chi connectivity index (χ3v) is 4.25. The zero-order valence-corrected chi connectivity index (χ0v) is 10.1. The lowest BCUT2D eigenvalue weighted by Gasteiger charge is -2.15. The Bertz CT molecular complexity index is 487. The summed E-state index contributed by atoms with van der Waals surface area (Å²) in [5.74, 6) is -1.55. The molecule has 0 aliphatic heterocycles. The highest BCUT2D eigenvalue weighted by atomic mass is 32.2. The summed E-state index contributed by atoms with van der Waals surface area (Å²) in [5, 5.41) is -0.829. The molecule has 0 fully saturated rings. The van der Waals surface area contributed by atoms with Crippen LogP contribution < -0.4 is 10.5 Å². The van der Waals surface area contributed by atoms with Crippen LogP contribution in [0.4, 0.5) is 14.5 Å². The van der Waals surface area contributed by atoms with Gasteiger partial charge in [0.25, 0.3) is 0 Å². The fourth-order valence-corrected chi connectivity index (χ4v) is 2.65. The lowest BCUT2D eigenvalue weighted by atomic mass is 10.3. The minimum atomic E-state index is -3.80. The smallest absolute Gasteiger partial charge is 0.236 e. The number of nitrogens with two attached hydrogens (primary N) is 1. The topological polar surface area (TPSA) is 72.2 Å². The predicted molar refractivity (Wildman–Crippen MR) is 62.0 cm³/mol. The van der Waals surface area contributed by atoms with Gasteiger partial charge in [0, 0.05) is 12.6 Å². The van der Waals surface area contributed by atoms with Gasteiger partial charge in [-0.25, -0.2) is 17.2 Å². The minimum Gasteiger partial charge on any atom is -0.329 e. The molecule has 7 heteroatoms. The SMILES string of the molecule is CCC(CN)S(=O)(=O)Nc1cc(F)ccc1F. The van der Waals surface area contributed by atoms with Crippen LogP contribution >= 0.6 is 0 Å². The van der Waals surface area contributed by atoms with Gasteiger partial charge in [-0.3, -0.25) is 4.72 Å². The Morgan fingerprint density at radius 3 is 2.59 bits per heavy atom. The Hall–Kier alpha value is -1.21. The molecule has 96 valence electrons. The summed E-state index contributed by atoms with van der Waals surface area (Å²) < 4.78 is 51.6. The molecule has 1 atom stereocenters.